The normalized spacial score (nSPS) is 23.6. The average molecular weight is 273 g/mol. The molecule has 0 radical (unpaired) electrons. The molecule has 3 heteroatoms. The van der Waals surface area contributed by atoms with Crippen LogP contribution in [0.4, 0.5) is 0 Å². The van der Waals surface area contributed by atoms with Crippen molar-refractivity contribution < 1.29 is 4.79 Å². The molecule has 0 aliphatic heterocycles. The van der Waals surface area contributed by atoms with Gasteiger partial charge in [-0.3, -0.25) is 4.79 Å². The Morgan fingerprint density at radius 2 is 2.00 bits per heavy atom. The minimum absolute atomic E-state index is 0.237. The van der Waals surface area contributed by atoms with Crippen LogP contribution in [0.3, 0.4) is 0 Å². The number of hydrogen-bond acceptors (Lipinski definition) is 3. The van der Waals surface area contributed by atoms with Gasteiger partial charge < -0.3 is 0 Å². The Kier molecular flexibility index (Phi) is 3.65. The highest BCUT2D eigenvalue weighted by atomic mass is 32.1. The van der Waals surface area contributed by atoms with E-state index in [9.17, 15) is 4.79 Å². The number of benzene rings is 1. The molecule has 0 spiro atoms. The van der Waals surface area contributed by atoms with Crippen LogP contribution in [0.15, 0.2) is 24.3 Å². The van der Waals surface area contributed by atoms with Crippen LogP contribution < -0.4 is 0 Å². The topological polar surface area (TPSA) is 30.0 Å². The number of hydrogen-bond donors (Lipinski definition) is 0. The van der Waals surface area contributed by atoms with Gasteiger partial charge in [0, 0.05) is 6.42 Å². The lowest BCUT2D eigenvalue weighted by atomic mass is 9.81. The Morgan fingerprint density at radius 1 is 1.26 bits per heavy atom. The van der Waals surface area contributed by atoms with Crippen molar-refractivity contribution in [1.82, 2.24) is 4.98 Å². The quantitative estimate of drug-likeness (QED) is 0.759. The molecular formula is C16H19NOS. The standard InChI is InChI=1S/C16H19NOS/c1-11-6-8-12(9-7-11)10-14(18)16-17-13-4-2-3-5-15(13)19-16/h2-5,11-12H,6-10H2,1H3. The molecule has 1 aliphatic rings. The first-order valence-electron chi connectivity index (χ1n) is 7.11. The van der Waals surface area contributed by atoms with Gasteiger partial charge in [-0.05, 0) is 36.8 Å². The maximum absolute atomic E-state index is 12.3. The van der Waals surface area contributed by atoms with Crippen molar-refractivity contribution in [1.29, 1.82) is 0 Å². The van der Waals surface area contributed by atoms with E-state index in [2.05, 4.69) is 11.9 Å². The minimum atomic E-state index is 0.237. The minimum Gasteiger partial charge on any atom is -0.292 e. The second-order valence-corrected chi connectivity index (χ2v) is 6.77. The summed E-state index contributed by atoms with van der Waals surface area (Å²) in [5, 5.41) is 0.694. The molecule has 1 saturated carbocycles. The van der Waals surface area contributed by atoms with Gasteiger partial charge in [0.15, 0.2) is 10.8 Å². The summed E-state index contributed by atoms with van der Waals surface area (Å²) in [6.45, 7) is 2.31. The van der Waals surface area contributed by atoms with Gasteiger partial charge in [-0.1, -0.05) is 31.9 Å². The largest absolute Gasteiger partial charge is 0.292 e. The first-order chi connectivity index (χ1) is 9.22. The summed E-state index contributed by atoms with van der Waals surface area (Å²) >= 11 is 1.53. The van der Waals surface area contributed by atoms with E-state index in [0.717, 1.165) is 16.1 Å². The Bertz CT molecular complexity index is 548. The number of aromatic nitrogens is 1. The molecule has 2 nitrogen and oxygen atoms in total. The molecule has 0 saturated heterocycles. The van der Waals surface area contributed by atoms with E-state index in [1.165, 1.54) is 37.0 Å². The van der Waals surface area contributed by atoms with E-state index in [-0.39, 0.29) is 5.78 Å². The van der Waals surface area contributed by atoms with Gasteiger partial charge >= 0.3 is 0 Å². The van der Waals surface area contributed by atoms with Crippen LogP contribution in [0.2, 0.25) is 0 Å². The lowest BCUT2D eigenvalue weighted by Gasteiger charge is -2.25. The summed E-state index contributed by atoms with van der Waals surface area (Å²) in [4.78, 5) is 16.8. The second-order valence-electron chi connectivity index (χ2n) is 5.74. The highest BCUT2D eigenvalue weighted by molar-refractivity contribution is 7.20. The fourth-order valence-corrected chi connectivity index (χ4v) is 3.79. The molecule has 1 fully saturated rings. The zero-order valence-electron chi connectivity index (χ0n) is 11.3. The highest BCUT2D eigenvalue weighted by Crippen LogP contribution is 2.32. The number of Topliss-reactive ketones (excluding diaryl/α,β-unsaturated/α-hetero) is 1. The summed E-state index contributed by atoms with van der Waals surface area (Å²) in [6.07, 6.45) is 5.65. The predicted molar refractivity (Wildman–Crippen MR) is 79.7 cm³/mol. The van der Waals surface area contributed by atoms with Crippen molar-refractivity contribution in [2.24, 2.45) is 11.8 Å². The molecule has 1 aliphatic carbocycles. The van der Waals surface area contributed by atoms with Gasteiger partial charge in [0.25, 0.3) is 0 Å². The van der Waals surface area contributed by atoms with Crippen molar-refractivity contribution in [3.8, 4) is 0 Å². The van der Waals surface area contributed by atoms with Gasteiger partial charge in [0.2, 0.25) is 0 Å². The number of ketones is 1. The maximum atomic E-state index is 12.3. The highest BCUT2D eigenvalue weighted by Gasteiger charge is 2.22. The number of carbonyl (C=O) groups is 1. The summed E-state index contributed by atoms with van der Waals surface area (Å²) in [5.74, 6) is 1.66. The van der Waals surface area contributed by atoms with Crippen molar-refractivity contribution in [3.05, 3.63) is 29.3 Å². The lowest BCUT2D eigenvalue weighted by molar-refractivity contribution is 0.0944. The third-order valence-corrected chi connectivity index (χ3v) is 5.22. The van der Waals surface area contributed by atoms with Crippen LogP contribution in [-0.4, -0.2) is 10.8 Å². The molecule has 1 heterocycles. The van der Waals surface area contributed by atoms with E-state index in [1.54, 1.807) is 0 Å². The van der Waals surface area contributed by atoms with Gasteiger partial charge in [0.05, 0.1) is 10.2 Å². The van der Waals surface area contributed by atoms with E-state index < -0.39 is 0 Å². The van der Waals surface area contributed by atoms with Crippen LogP contribution in [0, 0.1) is 11.8 Å². The van der Waals surface area contributed by atoms with Crippen LogP contribution >= 0.6 is 11.3 Å². The predicted octanol–water partition coefficient (Wildman–Crippen LogP) is 4.70. The number of thiazole rings is 1. The van der Waals surface area contributed by atoms with E-state index in [4.69, 9.17) is 0 Å². The summed E-state index contributed by atoms with van der Waals surface area (Å²) < 4.78 is 1.11. The molecule has 3 rings (SSSR count). The number of rotatable bonds is 3. The zero-order valence-corrected chi connectivity index (χ0v) is 12.1. The average Bonchev–Trinajstić information content (AvgIpc) is 2.85. The summed E-state index contributed by atoms with van der Waals surface area (Å²) in [7, 11) is 0. The van der Waals surface area contributed by atoms with Crippen molar-refractivity contribution in [2.45, 2.75) is 39.0 Å². The van der Waals surface area contributed by atoms with Crippen LogP contribution in [0.25, 0.3) is 10.2 Å². The third kappa shape index (κ3) is 2.86. The maximum Gasteiger partial charge on any atom is 0.191 e. The Labute approximate surface area is 117 Å². The molecule has 100 valence electrons. The molecule has 1 aromatic heterocycles. The zero-order chi connectivity index (χ0) is 13.2. The summed E-state index contributed by atoms with van der Waals surface area (Å²) in [6, 6.07) is 7.98. The molecule has 2 aromatic rings. The van der Waals surface area contributed by atoms with Crippen molar-refractivity contribution in [2.75, 3.05) is 0 Å². The van der Waals surface area contributed by atoms with Gasteiger partial charge in [-0.2, -0.15) is 0 Å². The van der Waals surface area contributed by atoms with E-state index in [0.29, 0.717) is 17.3 Å². The molecule has 0 N–H and O–H groups in total. The van der Waals surface area contributed by atoms with E-state index in [1.807, 2.05) is 24.3 Å². The summed E-state index contributed by atoms with van der Waals surface area (Å²) in [5.41, 5.74) is 0.952. The fraction of sp³-hybridized carbons (Fsp3) is 0.500. The van der Waals surface area contributed by atoms with Crippen LogP contribution in [0.1, 0.15) is 48.8 Å². The Balaban J connectivity index is 1.70. The first-order valence-corrected chi connectivity index (χ1v) is 7.93. The lowest BCUT2D eigenvalue weighted by Crippen LogP contribution is -2.15. The smallest absolute Gasteiger partial charge is 0.191 e. The molecule has 1 aromatic carbocycles. The molecule has 0 atom stereocenters. The number of carbonyl (C=O) groups excluding carboxylic acids is 1. The van der Waals surface area contributed by atoms with E-state index >= 15 is 0 Å². The second kappa shape index (κ2) is 5.41. The van der Waals surface area contributed by atoms with Crippen molar-refractivity contribution >= 4 is 27.3 Å². The number of fused-ring (bicyclic) bond motifs is 1. The van der Waals surface area contributed by atoms with Gasteiger partial charge in [0.1, 0.15) is 0 Å². The monoisotopic (exact) mass is 273 g/mol. The molecule has 0 bridgehead atoms. The van der Waals surface area contributed by atoms with Gasteiger partial charge in [-0.25, -0.2) is 4.98 Å². The fourth-order valence-electron chi connectivity index (χ4n) is 2.87. The van der Waals surface area contributed by atoms with Gasteiger partial charge in [-0.15, -0.1) is 11.3 Å². The SMILES string of the molecule is CC1CCC(CC(=O)c2nc3ccccc3s2)CC1. The third-order valence-electron chi connectivity index (χ3n) is 4.14. The molecular weight excluding hydrogens is 254 g/mol. The molecule has 0 amide bonds. The Hall–Kier alpha value is -1.22. The van der Waals surface area contributed by atoms with Crippen LogP contribution in [-0.2, 0) is 0 Å². The molecule has 0 unspecified atom stereocenters. The molecule has 19 heavy (non-hydrogen) atoms. The van der Waals surface area contributed by atoms with Crippen molar-refractivity contribution in [3.63, 3.8) is 0 Å². The number of nitrogens with zero attached hydrogens (tertiary/aromatic N) is 1. The first kappa shape index (κ1) is 12.8. The number of para-hydroxylation sites is 1. The Morgan fingerprint density at radius 3 is 2.74 bits per heavy atom. The van der Waals surface area contributed by atoms with Crippen LogP contribution in [0.5, 0.6) is 0 Å².